The summed E-state index contributed by atoms with van der Waals surface area (Å²) in [5.41, 5.74) is -1.68. The van der Waals surface area contributed by atoms with Gasteiger partial charge in [-0.15, -0.1) is 11.3 Å². The number of halogens is 4. The maximum atomic E-state index is 13.1. The largest absolute Gasteiger partial charge is 0.451 e. The first-order chi connectivity index (χ1) is 13.6. The molecule has 2 heterocycles. The van der Waals surface area contributed by atoms with Gasteiger partial charge in [0.2, 0.25) is 0 Å². The summed E-state index contributed by atoms with van der Waals surface area (Å²) in [5, 5.41) is 2.56. The molecule has 3 aromatic rings. The minimum Gasteiger partial charge on any atom is -0.451 e. The molecule has 0 atom stereocenters. The minimum absolute atomic E-state index is 0.241. The number of carbonyl (C=O) groups is 2. The molecule has 1 aromatic carbocycles. The second-order valence-electron chi connectivity index (χ2n) is 5.96. The van der Waals surface area contributed by atoms with Crippen molar-refractivity contribution >= 4 is 66.5 Å². The Bertz CT molecular complexity index is 1050. The predicted octanol–water partition coefficient (Wildman–Crippen LogP) is 4.89. The van der Waals surface area contributed by atoms with Gasteiger partial charge in [0.15, 0.2) is 11.7 Å². The maximum absolute atomic E-state index is 13.1. The predicted molar refractivity (Wildman–Crippen MR) is 107 cm³/mol. The molecule has 0 saturated heterocycles. The van der Waals surface area contributed by atoms with Crippen molar-refractivity contribution in [2.75, 3.05) is 30.9 Å². The summed E-state index contributed by atoms with van der Waals surface area (Å²) < 4.78 is 44.9. The third-order valence-electron chi connectivity index (χ3n) is 3.58. The summed E-state index contributed by atoms with van der Waals surface area (Å²) in [6.45, 7) is -0.761. The zero-order chi connectivity index (χ0) is 21.3. The number of aromatic nitrogens is 1. The summed E-state index contributed by atoms with van der Waals surface area (Å²) in [7, 11) is 3.69. The van der Waals surface area contributed by atoms with Crippen LogP contribution in [0.1, 0.15) is 15.2 Å². The van der Waals surface area contributed by atoms with Crippen LogP contribution < -0.4 is 10.2 Å². The number of hydrogen-bond donors (Lipinski definition) is 1. The topological polar surface area (TPSA) is 71.5 Å². The van der Waals surface area contributed by atoms with Crippen LogP contribution >= 0.6 is 34.3 Å². The molecule has 29 heavy (non-hydrogen) atoms. The molecule has 0 radical (unpaired) electrons. The van der Waals surface area contributed by atoms with Crippen molar-refractivity contribution in [2.45, 2.75) is 6.18 Å². The number of para-hydroxylation sites is 1. The van der Waals surface area contributed by atoms with E-state index in [2.05, 4.69) is 10.3 Å². The number of esters is 1. The number of ether oxygens (including phenoxy) is 1. The molecule has 3 rings (SSSR count). The van der Waals surface area contributed by atoms with E-state index in [4.69, 9.17) is 16.3 Å². The molecule has 1 N–H and O–H groups in total. The van der Waals surface area contributed by atoms with Crippen molar-refractivity contribution in [2.24, 2.45) is 0 Å². The molecular formula is C17H13ClF3N3O3S2. The van der Waals surface area contributed by atoms with E-state index < -0.39 is 35.9 Å². The Balaban J connectivity index is 1.65. The van der Waals surface area contributed by atoms with E-state index in [0.29, 0.717) is 4.83 Å². The number of amides is 1. The molecular weight excluding hydrogens is 451 g/mol. The number of rotatable bonds is 5. The summed E-state index contributed by atoms with van der Waals surface area (Å²) in [5.74, 6) is -1.71. The molecule has 154 valence electrons. The average molecular weight is 464 g/mol. The number of nitrogens with one attached hydrogen (secondary N) is 1. The Hall–Kier alpha value is -2.37. The summed E-state index contributed by atoms with van der Waals surface area (Å²) in [4.78, 5) is 31.2. The molecule has 0 bridgehead atoms. The van der Waals surface area contributed by atoms with E-state index in [0.717, 1.165) is 33.3 Å². The van der Waals surface area contributed by atoms with Crippen LogP contribution in [-0.2, 0) is 15.7 Å². The number of nitrogens with zero attached hydrogens (tertiary/aromatic N) is 2. The zero-order valence-corrected chi connectivity index (χ0v) is 17.4. The maximum Gasteiger partial charge on any atom is 0.418 e. The van der Waals surface area contributed by atoms with Crippen molar-refractivity contribution in [3.05, 3.63) is 39.7 Å². The SMILES string of the molecule is CN(C)c1nc2sc(C(=O)OCC(=O)Nc3c(Cl)cccc3C(F)(F)F)cc2s1. The van der Waals surface area contributed by atoms with Gasteiger partial charge in [0, 0.05) is 14.1 Å². The third kappa shape index (κ3) is 4.80. The van der Waals surface area contributed by atoms with Crippen LogP contribution in [0.5, 0.6) is 0 Å². The number of alkyl halides is 3. The van der Waals surface area contributed by atoms with Crippen LogP contribution in [-0.4, -0.2) is 37.6 Å². The van der Waals surface area contributed by atoms with E-state index in [1.165, 1.54) is 17.4 Å². The van der Waals surface area contributed by atoms with Crippen LogP contribution in [0, 0.1) is 0 Å². The van der Waals surface area contributed by atoms with E-state index in [-0.39, 0.29) is 9.90 Å². The van der Waals surface area contributed by atoms with Crippen molar-refractivity contribution in [1.29, 1.82) is 0 Å². The van der Waals surface area contributed by atoms with Gasteiger partial charge in [-0.2, -0.15) is 13.2 Å². The first kappa shape index (κ1) is 21.3. The number of anilines is 2. The Morgan fingerprint density at radius 1 is 1.28 bits per heavy atom. The van der Waals surface area contributed by atoms with Gasteiger partial charge in [0.25, 0.3) is 5.91 Å². The minimum atomic E-state index is -4.70. The van der Waals surface area contributed by atoms with E-state index in [1.54, 1.807) is 6.07 Å². The molecule has 0 fully saturated rings. The van der Waals surface area contributed by atoms with Crippen molar-refractivity contribution < 1.29 is 27.5 Å². The van der Waals surface area contributed by atoms with Crippen LogP contribution in [0.4, 0.5) is 24.0 Å². The van der Waals surface area contributed by atoms with Gasteiger partial charge in [-0.25, -0.2) is 9.78 Å². The van der Waals surface area contributed by atoms with Gasteiger partial charge >= 0.3 is 12.1 Å². The second-order valence-corrected chi connectivity index (χ2v) is 8.40. The number of carbonyl (C=O) groups excluding carboxylic acids is 2. The first-order valence-corrected chi connectivity index (χ1v) is 9.97. The Kier molecular flexibility index (Phi) is 6.01. The van der Waals surface area contributed by atoms with E-state index in [1.807, 2.05) is 19.0 Å². The highest BCUT2D eigenvalue weighted by molar-refractivity contribution is 7.29. The van der Waals surface area contributed by atoms with E-state index in [9.17, 15) is 22.8 Å². The average Bonchev–Trinajstić information content (AvgIpc) is 3.19. The normalized spacial score (nSPS) is 11.5. The number of hydrogen-bond acceptors (Lipinski definition) is 7. The van der Waals surface area contributed by atoms with Crippen LogP contribution in [0.3, 0.4) is 0 Å². The Labute approximate surface area is 175 Å². The lowest BCUT2D eigenvalue weighted by molar-refractivity contribution is -0.137. The summed E-state index contributed by atoms with van der Waals surface area (Å²) >= 11 is 8.27. The molecule has 0 aliphatic carbocycles. The third-order valence-corrected chi connectivity index (χ3v) is 6.20. The molecule has 0 saturated carbocycles. The standard InChI is InChI=1S/C17H13ClF3N3O3S2/c1-24(2)16-23-14-10(29-16)6-11(28-14)15(26)27-7-12(25)22-13-8(17(19,20)21)4-3-5-9(13)18/h3-6H,7H2,1-2H3,(H,22,25). The first-order valence-electron chi connectivity index (χ1n) is 7.96. The van der Waals surface area contributed by atoms with Gasteiger partial charge in [-0.1, -0.05) is 29.0 Å². The fraction of sp³-hybridized carbons (Fsp3) is 0.235. The lowest BCUT2D eigenvalue weighted by Crippen LogP contribution is -2.22. The van der Waals surface area contributed by atoms with Crippen LogP contribution in [0.25, 0.3) is 9.53 Å². The number of benzene rings is 1. The van der Waals surface area contributed by atoms with Crippen molar-refractivity contribution in [3.8, 4) is 0 Å². The van der Waals surface area contributed by atoms with Gasteiger partial charge in [0.1, 0.15) is 9.71 Å². The smallest absolute Gasteiger partial charge is 0.418 e. The zero-order valence-electron chi connectivity index (χ0n) is 15.0. The monoisotopic (exact) mass is 463 g/mol. The number of thiazole rings is 1. The molecule has 6 nitrogen and oxygen atoms in total. The molecule has 1 amide bonds. The second kappa shape index (κ2) is 8.17. The highest BCUT2D eigenvalue weighted by Crippen LogP contribution is 2.38. The lowest BCUT2D eigenvalue weighted by Gasteiger charge is -2.15. The van der Waals surface area contributed by atoms with Crippen LogP contribution in [0.15, 0.2) is 24.3 Å². The lowest BCUT2D eigenvalue weighted by atomic mass is 10.1. The fourth-order valence-electron chi connectivity index (χ4n) is 2.28. The van der Waals surface area contributed by atoms with Crippen LogP contribution in [0.2, 0.25) is 5.02 Å². The van der Waals surface area contributed by atoms with Gasteiger partial charge in [0.05, 0.1) is 21.0 Å². The fourth-order valence-corrected chi connectivity index (χ4v) is 4.53. The van der Waals surface area contributed by atoms with E-state index >= 15 is 0 Å². The summed E-state index contributed by atoms with van der Waals surface area (Å²) in [6, 6.07) is 4.73. The number of thiophene rings is 1. The molecule has 0 unspecified atom stereocenters. The van der Waals surface area contributed by atoms with Gasteiger partial charge in [-0.3, -0.25) is 4.79 Å². The molecule has 2 aromatic heterocycles. The van der Waals surface area contributed by atoms with Crippen molar-refractivity contribution in [3.63, 3.8) is 0 Å². The quantitative estimate of drug-likeness (QED) is 0.545. The summed E-state index contributed by atoms with van der Waals surface area (Å²) in [6.07, 6.45) is -4.70. The number of fused-ring (bicyclic) bond motifs is 1. The molecule has 0 aliphatic rings. The van der Waals surface area contributed by atoms with Gasteiger partial charge in [-0.05, 0) is 18.2 Å². The highest BCUT2D eigenvalue weighted by Gasteiger charge is 2.34. The molecule has 12 heteroatoms. The Morgan fingerprint density at radius 2 is 2.00 bits per heavy atom. The highest BCUT2D eigenvalue weighted by atomic mass is 35.5. The van der Waals surface area contributed by atoms with Crippen molar-refractivity contribution in [1.82, 2.24) is 4.98 Å². The molecule has 0 aliphatic heterocycles. The van der Waals surface area contributed by atoms with Gasteiger partial charge < -0.3 is 15.0 Å². The molecule has 0 spiro atoms. The Morgan fingerprint density at radius 3 is 2.62 bits per heavy atom.